The molecule has 0 spiro atoms. The molecule has 0 saturated heterocycles. The van der Waals surface area contributed by atoms with E-state index in [0.29, 0.717) is 10.8 Å². The minimum absolute atomic E-state index is 0.236. The van der Waals surface area contributed by atoms with Gasteiger partial charge in [0, 0.05) is 0 Å². The number of hydrogen-bond donors (Lipinski definition) is 2. The van der Waals surface area contributed by atoms with Gasteiger partial charge in [0.15, 0.2) is 0 Å². The average molecular weight is 230 g/mol. The van der Waals surface area contributed by atoms with Crippen molar-refractivity contribution >= 4 is 17.7 Å². The summed E-state index contributed by atoms with van der Waals surface area (Å²) in [5.74, 6) is 0.603. The van der Waals surface area contributed by atoms with Crippen molar-refractivity contribution in [3.63, 3.8) is 0 Å². The molecule has 4 nitrogen and oxygen atoms in total. The van der Waals surface area contributed by atoms with Gasteiger partial charge in [-0.2, -0.15) is 0 Å². The molecule has 1 amide bonds. The lowest BCUT2D eigenvalue weighted by molar-refractivity contribution is 0.191. The average Bonchev–Trinajstić information content (AvgIpc) is 2.15. The van der Waals surface area contributed by atoms with E-state index in [2.05, 4.69) is 5.32 Å². The van der Waals surface area contributed by atoms with Gasteiger partial charge in [0.2, 0.25) is 0 Å². The minimum Gasteiger partial charge on any atom is -0.490 e. The number of benzene rings is 1. The van der Waals surface area contributed by atoms with Crippen LogP contribution in [0.1, 0.15) is 5.56 Å². The lowest BCUT2D eigenvalue weighted by Gasteiger charge is -2.10. The van der Waals surface area contributed by atoms with Gasteiger partial charge in [-0.05, 0) is 18.6 Å². The third-order valence-electron chi connectivity index (χ3n) is 1.79. The van der Waals surface area contributed by atoms with Crippen molar-refractivity contribution in [2.45, 2.75) is 6.92 Å². The van der Waals surface area contributed by atoms with Crippen LogP contribution in [-0.2, 0) is 0 Å². The van der Waals surface area contributed by atoms with Gasteiger partial charge in [-0.15, -0.1) is 0 Å². The summed E-state index contributed by atoms with van der Waals surface area (Å²) < 4.78 is 5.36. The maximum Gasteiger partial charge on any atom is 0.404 e. The lowest BCUT2D eigenvalue weighted by atomic mass is 10.2. The van der Waals surface area contributed by atoms with Crippen LogP contribution >= 0.6 is 11.6 Å². The molecule has 0 heterocycles. The number of carboxylic acid groups (broad SMARTS) is 1. The largest absolute Gasteiger partial charge is 0.490 e. The first kappa shape index (κ1) is 11.7. The Morgan fingerprint density at radius 2 is 2.33 bits per heavy atom. The molecule has 1 aromatic rings. The summed E-state index contributed by atoms with van der Waals surface area (Å²) in [6.45, 7) is 2.38. The summed E-state index contributed by atoms with van der Waals surface area (Å²) in [5, 5.41) is 11.1. The number of amides is 1. The molecule has 15 heavy (non-hydrogen) atoms. The molecule has 1 rings (SSSR count). The summed E-state index contributed by atoms with van der Waals surface area (Å²) in [6, 6.07) is 5.44. The SMILES string of the molecule is Cc1cccc(Cl)c1OCCNC(=O)O. The van der Waals surface area contributed by atoms with Crippen molar-refractivity contribution in [2.75, 3.05) is 13.2 Å². The van der Waals surface area contributed by atoms with Crippen LogP contribution in [0.25, 0.3) is 0 Å². The Bertz CT molecular complexity index is 334. The van der Waals surface area contributed by atoms with Crippen LogP contribution in [-0.4, -0.2) is 24.4 Å². The van der Waals surface area contributed by atoms with Crippen LogP contribution in [0.5, 0.6) is 5.75 Å². The van der Waals surface area contributed by atoms with E-state index in [1.54, 1.807) is 6.07 Å². The summed E-state index contributed by atoms with van der Waals surface area (Å²) in [4.78, 5) is 10.2. The fraction of sp³-hybridized carbons (Fsp3) is 0.300. The fourth-order valence-corrected chi connectivity index (χ4v) is 1.39. The molecule has 0 bridgehead atoms. The summed E-state index contributed by atoms with van der Waals surface area (Å²) in [5.41, 5.74) is 0.929. The number of hydrogen-bond acceptors (Lipinski definition) is 2. The maximum atomic E-state index is 10.2. The quantitative estimate of drug-likeness (QED) is 0.779. The Hall–Kier alpha value is -1.42. The standard InChI is InChI=1S/C10H12ClNO3/c1-7-3-2-4-8(11)9(7)15-6-5-12-10(13)14/h2-4,12H,5-6H2,1H3,(H,13,14). The van der Waals surface area contributed by atoms with Crippen LogP contribution in [0.3, 0.4) is 0 Å². The van der Waals surface area contributed by atoms with Crippen LogP contribution in [0.15, 0.2) is 18.2 Å². The van der Waals surface area contributed by atoms with Crippen molar-refractivity contribution in [3.8, 4) is 5.75 Å². The van der Waals surface area contributed by atoms with Crippen LogP contribution in [0.2, 0.25) is 5.02 Å². The van der Waals surface area contributed by atoms with Gasteiger partial charge in [-0.25, -0.2) is 4.79 Å². The molecule has 0 fully saturated rings. The van der Waals surface area contributed by atoms with E-state index in [1.165, 1.54) is 0 Å². The second-order valence-corrected chi connectivity index (χ2v) is 3.37. The van der Waals surface area contributed by atoms with Gasteiger partial charge >= 0.3 is 6.09 Å². The Balaban J connectivity index is 2.47. The van der Waals surface area contributed by atoms with E-state index in [-0.39, 0.29) is 13.2 Å². The van der Waals surface area contributed by atoms with E-state index in [4.69, 9.17) is 21.4 Å². The first-order chi connectivity index (χ1) is 7.11. The molecule has 1 aromatic carbocycles. The molecular formula is C10H12ClNO3. The second kappa shape index (κ2) is 5.46. The first-order valence-electron chi connectivity index (χ1n) is 4.46. The Morgan fingerprint density at radius 1 is 1.60 bits per heavy atom. The van der Waals surface area contributed by atoms with Crippen molar-refractivity contribution in [1.82, 2.24) is 5.32 Å². The third kappa shape index (κ3) is 3.67. The Labute approximate surface area is 92.8 Å². The molecule has 0 unspecified atom stereocenters. The first-order valence-corrected chi connectivity index (χ1v) is 4.84. The Morgan fingerprint density at radius 3 is 2.93 bits per heavy atom. The number of rotatable bonds is 4. The van der Waals surface area contributed by atoms with Gasteiger partial charge < -0.3 is 15.2 Å². The molecule has 2 N–H and O–H groups in total. The molecule has 0 aliphatic carbocycles. The minimum atomic E-state index is -1.06. The van der Waals surface area contributed by atoms with Crippen molar-refractivity contribution < 1.29 is 14.6 Å². The highest BCUT2D eigenvalue weighted by Crippen LogP contribution is 2.27. The topological polar surface area (TPSA) is 58.6 Å². The number of para-hydroxylation sites is 1. The number of halogens is 1. The summed E-state index contributed by atoms with van der Waals surface area (Å²) in [7, 11) is 0. The summed E-state index contributed by atoms with van der Waals surface area (Å²) >= 11 is 5.91. The zero-order valence-corrected chi connectivity index (χ0v) is 9.04. The molecule has 0 aliphatic rings. The molecular weight excluding hydrogens is 218 g/mol. The number of aryl methyl sites for hydroxylation is 1. The predicted molar refractivity (Wildman–Crippen MR) is 57.7 cm³/mol. The third-order valence-corrected chi connectivity index (χ3v) is 2.09. The van der Waals surface area contributed by atoms with E-state index in [0.717, 1.165) is 5.56 Å². The molecule has 0 atom stereocenters. The second-order valence-electron chi connectivity index (χ2n) is 2.97. The number of nitrogens with one attached hydrogen (secondary N) is 1. The smallest absolute Gasteiger partial charge is 0.404 e. The van der Waals surface area contributed by atoms with Crippen LogP contribution in [0, 0.1) is 6.92 Å². The molecule has 5 heteroatoms. The maximum absolute atomic E-state index is 10.2. The van der Waals surface area contributed by atoms with Crippen molar-refractivity contribution in [2.24, 2.45) is 0 Å². The fourth-order valence-electron chi connectivity index (χ4n) is 1.11. The van der Waals surface area contributed by atoms with Crippen LogP contribution < -0.4 is 10.1 Å². The van der Waals surface area contributed by atoms with Gasteiger partial charge in [-0.1, -0.05) is 23.7 Å². The van der Waals surface area contributed by atoms with E-state index in [9.17, 15) is 4.79 Å². The van der Waals surface area contributed by atoms with E-state index < -0.39 is 6.09 Å². The highest BCUT2D eigenvalue weighted by Gasteiger charge is 2.04. The molecule has 0 aromatic heterocycles. The normalized spacial score (nSPS) is 9.73. The number of ether oxygens (including phenoxy) is 1. The zero-order chi connectivity index (χ0) is 11.3. The summed E-state index contributed by atoms with van der Waals surface area (Å²) in [6.07, 6.45) is -1.06. The number of carbonyl (C=O) groups is 1. The van der Waals surface area contributed by atoms with Crippen molar-refractivity contribution in [3.05, 3.63) is 28.8 Å². The van der Waals surface area contributed by atoms with Crippen LogP contribution in [0.4, 0.5) is 4.79 Å². The van der Waals surface area contributed by atoms with Crippen molar-refractivity contribution in [1.29, 1.82) is 0 Å². The van der Waals surface area contributed by atoms with Gasteiger partial charge in [0.1, 0.15) is 12.4 Å². The molecule has 82 valence electrons. The molecule has 0 saturated carbocycles. The molecule has 0 aliphatic heterocycles. The van der Waals surface area contributed by atoms with Gasteiger partial charge in [0.25, 0.3) is 0 Å². The molecule has 0 radical (unpaired) electrons. The zero-order valence-electron chi connectivity index (χ0n) is 8.29. The predicted octanol–water partition coefficient (Wildman–Crippen LogP) is 2.29. The van der Waals surface area contributed by atoms with E-state index in [1.807, 2.05) is 19.1 Å². The highest BCUT2D eigenvalue weighted by atomic mass is 35.5. The van der Waals surface area contributed by atoms with E-state index >= 15 is 0 Å². The van der Waals surface area contributed by atoms with Gasteiger partial charge in [-0.3, -0.25) is 0 Å². The van der Waals surface area contributed by atoms with Gasteiger partial charge in [0.05, 0.1) is 11.6 Å². The monoisotopic (exact) mass is 229 g/mol. The highest BCUT2D eigenvalue weighted by molar-refractivity contribution is 6.32. The lowest BCUT2D eigenvalue weighted by Crippen LogP contribution is -2.26. The Kier molecular flexibility index (Phi) is 4.24.